The van der Waals surface area contributed by atoms with E-state index in [1.807, 2.05) is 0 Å². The van der Waals surface area contributed by atoms with E-state index in [4.69, 9.17) is 21.7 Å². The average Bonchev–Trinajstić information content (AvgIpc) is 2.77. The predicted octanol–water partition coefficient (Wildman–Crippen LogP) is 4.86. The van der Waals surface area contributed by atoms with Crippen LogP contribution in [0.25, 0.3) is 5.69 Å². The van der Waals surface area contributed by atoms with Crippen molar-refractivity contribution in [1.29, 1.82) is 5.41 Å². The third-order valence-electron chi connectivity index (χ3n) is 5.21. The van der Waals surface area contributed by atoms with E-state index in [1.54, 1.807) is 33.0 Å². The van der Waals surface area contributed by atoms with Gasteiger partial charge in [0.15, 0.2) is 5.82 Å². The highest BCUT2D eigenvalue weighted by molar-refractivity contribution is 6.31. The van der Waals surface area contributed by atoms with Crippen LogP contribution in [0.15, 0.2) is 47.2 Å². The van der Waals surface area contributed by atoms with Crippen molar-refractivity contribution in [2.45, 2.75) is 46.8 Å². The maximum atomic E-state index is 13.9. The number of halogens is 3. The highest BCUT2D eigenvalue weighted by Crippen LogP contribution is 2.26. The molecular weight excluding hydrogens is 492 g/mol. The van der Waals surface area contributed by atoms with Gasteiger partial charge >= 0.3 is 0 Å². The lowest BCUT2D eigenvalue weighted by atomic mass is 10.0. The van der Waals surface area contributed by atoms with E-state index in [0.29, 0.717) is 34.5 Å². The molecule has 0 saturated carbocycles. The smallest absolute Gasteiger partial charge is 0.277 e. The topological polar surface area (TPSA) is 113 Å². The number of rotatable bonds is 8. The number of nitrogens with one attached hydrogen (secondary N) is 2. The van der Waals surface area contributed by atoms with Crippen molar-refractivity contribution in [1.82, 2.24) is 14.5 Å². The van der Waals surface area contributed by atoms with Gasteiger partial charge in [-0.05, 0) is 46.3 Å². The first kappa shape index (κ1) is 27.0. The van der Waals surface area contributed by atoms with Crippen molar-refractivity contribution in [3.05, 3.63) is 86.3 Å². The molecule has 0 aliphatic heterocycles. The van der Waals surface area contributed by atoms with Crippen LogP contribution in [-0.2, 0) is 6.61 Å². The molecule has 8 nitrogen and oxygen atoms in total. The Bertz CT molecular complexity index is 1410. The van der Waals surface area contributed by atoms with Gasteiger partial charge < -0.3 is 20.6 Å². The van der Waals surface area contributed by atoms with Crippen LogP contribution in [0, 0.1) is 30.9 Å². The molecule has 3 aromatic rings. The molecule has 0 fully saturated rings. The summed E-state index contributed by atoms with van der Waals surface area (Å²) in [5, 5.41) is 20.7. The summed E-state index contributed by atoms with van der Waals surface area (Å²) in [6.45, 7) is 7.87. The Kier molecular flexibility index (Phi) is 7.90. The Hall–Kier alpha value is -3.63. The minimum Gasteiger partial charge on any atom is -0.485 e. The molecular formula is C25H26ClF2N5O3. The number of anilines is 1. The van der Waals surface area contributed by atoms with Gasteiger partial charge in [0.25, 0.3) is 5.56 Å². The molecule has 0 bridgehead atoms. The second kappa shape index (κ2) is 10.5. The number of hydrogen-bond donors (Lipinski definition) is 3. The number of pyridine rings is 3. The molecule has 0 aromatic carbocycles. The molecule has 0 unspecified atom stereocenters. The summed E-state index contributed by atoms with van der Waals surface area (Å²) in [6, 6.07) is 3.89. The van der Waals surface area contributed by atoms with E-state index in [9.17, 15) is 18.7 Å². The zero-order valence-corrected chi connectivity index (χ0v) is 21.2. The van der Waals surface area contributed by atoms with Gasteiger partial charge in [-0.1, -0.05) is 11.6 Å². The molecule has 11 heteroatoms. The number of aryl methyl sites for hydroxylation is 2. The highest BCUT2D eigenvalue weighted by atomic mass is 35.5. The summed E-state index contributed by atoms with van der Waals surface area (Å²) in [5.41, 5.74) is 0.300. The molecule has 3 heterocycles. The number of aromatic nitrogens is 3. The van der Waals surface area contributed by atoms with Gasteiger partial charge in [-0.15, -0.1) is 0 Å². The molecule has 0 aliphatic rings. The minimum atomic E-state index is -1.29. The first-order chi connectivity index (χ1) is 16.8. The molecule has 0 amide bonds. The first-order valence-electron chi connectivity index (χ1n) is 10.9. The van der Waals surface area contributed by atoms with Gasteiger partial charge in [0.2, 0.25) is 0 Å². The third-order valence-corrected chi connectivity index (χ3v) is 5.56. The van der Waals surface area contributed by atoms with Crippen LogP contribution in [-0.4, -0.2) is 31.0 Å². The summed E-state index contributed by atoms with van der Waals surface area (Å²) in [4.78, 5) is 21.2. The monoisotopic (exact) mass is 517 g/mol. The fourth-order valence-electron chi connectivity index (χ4n) is 3.23. The van der Waals surface area contributed by atoms with Crippen LogP contribution >= 0.6 is 11.6 Å². The van der Waals surface area contributed by atoms with E-state index in [-0.39, 0.29) is 28.8 Å². The lowest BCUT2D eigenvalue weighted by Crippen LogP contribution is -2.29. The molecule has 0 saturated heterocycles. The zero-order chi connectivity index (χ0) is 26.8. The van der Waals surface area contributed by atoms with E-state index in [2.05, 4.69) is 15.3 Å². The Labute approximate surface area is 211 Å². The molecule has 3 N–H and O–H groups in total. The van der Waals surface area contributed by atoms with Crippen LogP contribution in [0.2, 0.25) is 5.02 Å². The Morgan fingerprint density at radius 2 is 1.94 bits per heavy atom. The normalized spacial score (nSPS) is 12.0. The Morgan fingerprint density at radius 3 is 2.58 bits per heavy atom. The SMILES string of the molecule is C/C(=C/C(=N)C(C)(C)O)Nc1cc(-n2c(C)cc(OCc3ncc(F)cc3F)c(Cl)c2=O)c(C)cn1. The second-order valence-corrected chi connectivity index (χ2v) is 9.13. The van der Waals surface area contributed by atoms with Crippen LogP contribution < -0.4 is 15.6 Å². The molecule has 3 aromatic heterocycles. The van der Waals surface area contributed by atoms with Crippen molar-refractivity contribution in [2.75, 3.05) is 5.32 Å². The number of allylic oxidation sites excluding steroid dienone is 1. The Balaban J connectivity index is 1.92. The lowest BCUT2D eigenvalue weighted by Gasteiger charge is -2.18. The standard InChI is InChI=1S/C25H26ClF2N5O3/c1-13-10-31-22(32-14(2)6-21(29)25(4,5)35)9-19(13)33-15(3)7-20(23(26)24(33)34)36-12-18-17(28)8-16(27)11-30-18/h6-11,29,35H,12H2,1-5H3,(H,31,32)/b14-6-,29-21?. The van der Waals surface area contributed by atoms with Gasteiger partial charge in [0.05, 0.1) is 17.6 Å². The Morgan fingerprint density at radius 1 is 1.25 bits per heavy atom. The van der Waals surface area contributed by atoms with Crippen molar-refractivity contribution >= 4 is 23.1 Å². The predicted molar refractivity (Wildman–Crippen MR) is 134 cm³/mol. The van der Waals surface area contributed by atoms with E-state index in [0.717, 1.165) is 6.20 Å². The van der Waals surface area contributed by atoms with E-state index < -0.39 is 22.8 Å². The second-order valence-electron chi connectivity index (χ2n) is 8.76. The lowest BCUT2D eigenvalue weighted by molar-refractivity contribution is 0.154. The number of hydrogen-bond acceptors (Lipinski definition) is 7. The number of ether oxygens (including phenoxy) is 1. The molecule has 0 spiro atoms. The fourth-order valence-corrected chi connectivity index (χ4v) is 3.43. The van der Waals surface area contributed by atoms with Crippen LogP contribution in [0.1, 0.15) is 37.7 Å². The minimum absolute atomic E-state index is 0.0185. The highest BCUT2D eigenvalue weighted by Gasteiger charge is 2.19. The number of nitrogens with zero attached hydrogens (tertiary/aromatic N) is 3. The maximum Gasteiger partial charge on any atom is 0.277 e. The van der Waals surface area contributed by atoms with Gasteiger partial charge in [0.1, 0.15) is 40.3 Å². The van der Waals surface area contributed by atoms with Crippen molar-refractivity contribution in [2.24, 2.45) is 0 Å². The summed E-state index contributed by atoms with van der Waals surface area (Å²) in [6.07, 6.45) is 3.94. The summed E-state index contributed by atoms with van der Waals surface area (Å²) >= 11 is 6.31. The maximum absolute atomic E-state index is 13.9. The largest absolute Gasteiger partial charge is 0.485 e. The molecule has 190 valence electrons. The summed E-state index contributed by atoms with van der Waals surface area (Å²) in [7, 11) is 0. The zero-order valence-electron chi connectivity index (χ0n) is 20.4. The van der Waals surface area contributed by atoms with Crippen molar-refractivity contribution in [3.8, 4) is 11.4 Å². The summed E-state index contributed by atoms with van der Waals surface area (Å²) in [5.74, 6) is -1.23. The molecule has 3 rings (SSSR count). The third kappa shape index (κ3) is 6.13. The van der Waals surface area contributed by atoms with Crippen LogP contribution in [0.3, 0.4) is 0 Å². The van der Waals surface area contributed by atoms with Crippen molar-refractivity contribution in [3.63, 3.8) is 0 Å². The fraction of sp³-hybridized carbons (Fsp3) is 0.280. The van der Waals surface area contributed by atoms with Crippen LogP contribution in [0.4, 0.5) is 14.6 Å². The molecule has 0 atom stereocenters. The molecule has 36 heavy (non-hydrogen) atoms. The van der Waals surface area contributed by atoms with Crippen LogP contribution in [0.5, 0.6) is 5.75 Å². The van der Waals surface area contributed by atoms with Crippen molar-refractivity contribution < 1.29 is 18.6 Å². The number of aliphatic hydroxyl groups is 1. The van der Waals surface area contributed by atoms with E-state index in [1.165, 1.54) is 30.6 Å². The average molecular weight is 518 g/mol. The van der Waals surface area contributed by atoms with Gasteiger partial charge in [-0.2, -0.15) is 0 Å². The summed E-state index contributed by atoms with van der Waals surface area (Å²) < 4.78 is 33.9. The van der Waals surface area contributed by atoms with Gasteiger partial charge in [-0.25, -0.2) is 13.8 Å². The molecule has 0 aliphatic carbocycles. The van der Waals surface area contributed by atoms with E-state index >= 15 is 0 Å². The first-order valence-corrected chi connectivity index (χ1v) is 11.2. The quantitative estimate of drug-likeness (QED) is 0.368. The molecule has 0 radical (unpaired) electrons. The van der Waals surface area contributed by atoms with Gasteiger partial charge in [-0.3, -0.25) is 14.3 Å². The van der Waals surface area contributed by atoms with Gasteiger partial charge in [0, 0.05) is 35.8 Å².